The summed E-state index contributed by atoms with van der Waals surface area (Å²) in [6, 6.07) is 2.25. The van der Waals surface area contributed by atoms with Crippen LogP contribution < -0.4 is 4.90 Å². The van der Waals surface area contributed by atoms with Crippen LogP contribution in [-0.2, 0) is 14.6 Å². The molecule has 122 valence electrons. The second-order valence-corrected chi connectivity index (χ2v) is 7.03. The minimum atomic E-state index is -5.68. The lowest BCUT2D eigenvalue weighted by Gasteiger charge is -2.33. The number of ketones is 1. The summed E-state index contributed by atoms with van der Waals surface area (Å²) in [5.41, 5.74) is -5.76. The van der Waals surface area contributed by atoms with Crippen molar-refractivity contribution in [1.82, 2.24) is 0 Å². The van der Waals surface area contributed by atoms with Gasteiger partial charge in [-0.1, -0.05) is 6.92 Å². The van der Waals surface area contributed by atoms with Gasteiger partial charge in [0.2, 0.25) is 0 Å². The molecule has 1 aromatic carbocycles. The first-order chi connectivity index (χ1) is 10.0. The average molecular weight is 339 g/mol. The van der Waals surface area contributed by atoms with Gasteiger partial charge in [0.05, 0.1) is 5.69 Å². The predicted molar refractivity (Wildman–Crippen MR) is 70.6 cm³/mol. The summed E-state index contributed by atoms with van der Waals surface area (Å²) in [6.45, 7) is 1.79. The highest BCUT2D eigenvalue weighted by Gasteiger charge is 2.48. The second-order valence-electron chi connectivity index (χ2n) is 5.12. The maximum absolute atomic E-state index is 13.3. The van der Waals surface area contributed by atoms with Crippen LogP contribution in [0.25, 0.3) is 0 Å². The highest BCUT2D eigenvalue weighted by atomic mass is 32.2. The zero-order valence-corrected chi connectivity index (χ0v) is 12.3. The van der Waals surface area contributed by atoms with Gasteiger partial charge in [-0.2, -0.15) is 13.2 Å². The molecular weight excluding hydrogens is 326 g/mol. The Hall–Kier alpha value is -1.64. The molecule has 0 N–H and O–H groups in total. The van der Waals surface area contributed by atoms with Crippen LogP contribution >= 0.6 is 0 Å². The summed E-state index contributed by atoms with van der Waals surface area (Å²) < 4.78 is 74.8. The Morgan fingerprint density at radius 2 is 1.91 bits per heavy atom. The fourth-order valence-electron chi connectivity index (χ4n) is 2.32. The highest BCUT2D eigenvalue weighted by Crippen LogP contribution is 2.37. The zero-order chi connectivity index (χ0) is 16.7. The van der Waals surface area contributed by atoms with E-state index in [0.29, 0.717) is 6.07 Å². The summed E-state index contributed by atoms with van der Waals surface area (Å²) in [5, 5.41) is 0. The number of Topliss-reactive ketones (excluding diaryl/α,β-unsaturated/α-hetero) is 1. The van der Waals surface area contributed by atoms with E-state index in [1.54, 1.807) is 6.92 Å². The molecule has 1 aliphatic rings. The maximum atomic E-state index is 13.3. The molecule has 1 fully saturated rings. The third kappa shape index (κ3) is 2.94. The molecule has 0 aliphatic carbocycles. The molecule has 1 unspecified atom stereocenters. The molecule has 0 bridgehead atoms. The molecule has 22 heavy (non-hydrogen) atoms. The molecule has 1 aromatic rings. The Bertz CT molecular complexity index is 700. The van der Waals surface area contributed by atoms with E-state index in [4.69, 9.17) is 0 Å². The first-order valence-corrected chi connectivity index (χ1v) is 7.91. The van der Waals surface area contributed by atoms with E-state index in [1.807, 2.05) is 0 Å². The van der Waals surface area contributed by atoms with Crippen LogP contribution in [0, 0.1) is 11.7 Å². The van der Waals surface area contributed by atoms with Gasteiger partial charge in [-0.15, -0.1) is 0 Å². The zero-order valence-electron chi connectivity index (χ0n) is 11.5. The number of alkyl halides is 3. The standard InChI is InChI=1S/C13H13F4NO3S/c1-8-7-18(5-4-11(8)19)10-3-2-9(14)6-12(10)22(20,21)13(15,16)17/h2-3,6,8H,4-5,7H2,1H3. The first kappa shape index (κ1) is 16.7. The van der Waals surface area contributed by atoms with E-state index in [9.17, 15) is 30.8 Å². The normalized spacial score (nSPS) is 20.3. The molecule has 0 radical (unpaired) electrons. The Morgan fingerprint density at radius 3 is 2.45 bits per heavy atom. The maximum Gasteiger partial charge on any atom is 0.501 e. The van der Waals surface area contributed by atoms with Crippen LogP contribution in [0.1, 0.15) is 13.3 Å². The molecule has 1 aliphatic heterocycles. The number of carbonyl (C=O) groups excluding carboxylic acids is 1. The lowest BCUT2D eigenvalue weighted by molar-refractivity contribution is -0.122. The Kier molecular flexibility index (Phi) is 4.20. The minimum Gasteiger partial charge on any atom is -0.369 e. The van der Waals surface area contributed by atoms with Gasteiger partial charge < -0.3 is 4.90 Å². The van der Waals surface area contributed by atoms with Crippen LogP contribution in [0.5, 0.6) is 0 Å². The van der Waals surface area contributed by atoms with Crippen molar-refractivity contribution in [2.24, 2.45) is 5.92 Å². The monoisotopic (exact) mass is 339 g/mol. The van der Waals surface area contributed by atoms with Crippen molar-refractivity contribution in [2.75, 3.05) is 18.0 Å². The van der Waals surface area contributed by atoms with Crippen molar-refractivity contribution in [3.63, 3.8) is 0 Å². The van der Waals surface area contributed by atoms with E-state index in [2.05, 4.69) is 0 Å². The number of nitrogens with zero attached hydrogens (tertiary/aromatic N) is 1. The van der Waals surface area contributed by atoms with E-state index in [1.165, 1.54) is 4.90 Å². The van der Waals surface area contributed by atoms with Crippen molar-refractivity contribution < 1.29 is 30.8 Å². The number of carbonyl (C=O) groups is 1. The molecule has 0 spiro atoms. The molecule has 4 nitrogen and oxygen atoms in total. The van der Waals surface area contributed by atoms with Crippen molar-refractivity contribution in [3.8, 4) is 0 Å². The lowest BCUT2D eigenvalue weighted by atomic mass is 9.98. The number of anilines is 1. The minimum absolute atomic E-state index is 0.0430. The number of benzene rings is 1. The number of sulfone groups is 1. The smallest absolute Gasteiger partial charge is 0.369 e. The molecule has 0 aromatic heterocycles. The molecule has 0 saturated carbocycles. The third-order valence-electron chi connectivity index (χ3n) is 3.53. The highest BCUT2D eigenvalue weighted by molar-refractivity contribution is 7.92. The van der Waals surface area contributed by atoms with Crippen LogP contribution in [-0.4, -0.2) is 32.8 Å². The summed E-state index contributed by atoms with van der Waals surface area (Å²) in [6.07, 6.45) is 0.101. The number of rotatable bonds is 2. The SMILES string of the molecule is CC1CN(c2ccc(F)cc2S(=O)(=O)C(F)(F)F)CCC1=O. The van der Waals surface area contributed by atoms with Gasteiger partial charge in [0, 0.05) is 25.4 Å². The molecule has 1 saturated heterocycles. The summed E-state index contributed by atoms with van der Waals surface area (Å²) in [7, 11) is -5.68. The van der Waals surface area contributed by atoms with Crippen molar-refractivity contribution in [2.45, 2.75) is 23.7 Å². The van der Waals surface area contributed by atoms with Gasteiger partial charge in [-0.25, -0.2) is 12.8 Å². The number of hydrogen-bond acceptors (Lipinski definition) is 4. The van der Waals surface area contributed by atoms with Crippen molar-refractivity contribution in [3.05, 3.63) is 24.0 Å². The van der Waals surface area contributed by atoms with Crippen LogP contribution in [0.4, 0.5) is 23.2 Å². The Morgan fingerprint density at radius 1 is 1.27 bits per heavy atom. The fourth-order valence-corrected chi connectivity index (χ4v) is 3.31. The predicted octanol–water partition coefficient (Wildman–Crippen LogP) is 2.53. The molecular formula is C13H13F4NO3S. The van der Waals surface area contributed by atoms with Crippen molar-refractivity contribution >= 4 is 21.3 Å². The topological polar surface area (TPSA) is 54.5 Å². The van der Waals surface area contributed by atoms with Crippen molar-refractivity contribution in [1.29, 1.82) is 0 Å². The van der Waals surface area contributed by atoms with Gasteiger partial charge in [0.25, 0.3) is 9.84 Å². The summed E-state index contributed by atoms with van der Waals surface area (Å²) in [4.78, 5) is 11.7. The van der Waals surface area contributed by atoms with Gasteiger partial charge in [0.15, 0.2) is 0 Å². The molecule has 9 heteroatoms. The largest absolute Gasteiger partial charge is 0.501 e. The number of hydrogen-bond donors (Lipinski definition) is 0. The van der Waals surface area contributed by atoms with Gasteiger partial charge in [0.1, 0.15) is 16.5 Å². The summed E-state index contributed by atoms with van der Waals surface area (Å²) in [5.74, 6) is -1.55. The van der Waals surface area contributed by atoms with Crippen LogP contribution in [0.2, 0.25) is 0 Å². The van der Waals surface area contributed by atoms with E-state index < -0.39 is 32.0 Å². The first-order valence-electron chi connectivity index (χ1n) is 6.42. The number of piperidine rings is 1. The second kappa shape index (κ2) is 5.53. The van der Waals surface area contributed by atoms with Crippen LogP contribution in [0.15, 0.2) is 23.1 Å². The molecule has 2 rings (SSSR count). The van der Waals surface area contributed by atoms with Crippen LogP contribution in [0.3, 0.4) is 0 Å². The van der Waals surface area contributed by atoms with E-state index in [-0.39, 0.29) is 31.0 Å². The quantitative estimate of drug-likeness (QED) is 0.777. The average Bonchev–Trinajstić information content (AvgIpc) is 2.40. The van der Waals surface area contributed by atoms with E-state index in [0.717, 1.165) is 12.1 Å². The number of halogens is 4. The molecule has 0 amide bonds. The van der Waals surface area contributed by atoms with Gasteiger partial charge >= 0.3 is 5.51 Å². The lowest BCUT2D eigenvalue weighted by Crippen LogP contribution is -2.40. The Balaban J connectivity index is 2.52. The van der Waals surface area contributed by atoms with E-state index >= 15 is 0 Å². The summed E-state index contributed by atoms with van der Waals surface area (Å²) >= 11 is 0. The molecule has 1 heterocycles. The fraction of sp³-hybridized carbons (Fsp3) is 0.462. The van der Waals surface area contributed by atoms with Gasteiger partial charge in [-0.3, -0.25) is 4.79 Å². The molecule has 1 atom stereocenters. The third-order valence-corrected chi connectivity index (χ3v) is 5.04. The van der Waals surface area contributed by atoms with Gasteiger partial charge in [-0.05, 0) is 18.2 Å². The Labute approximate surface area is 124 Å².